The maximum absolute atomic E-state index is 5.96. The fourth-order valence-corrected chi connectivity index (χ4v) is 3.14. The standard InChI is InChI=1S/C20H39N3/c1-3-4-5-6-7-8-9-10-11-12-13-14-15-16-20-22-17-18-23(20)19(2)21/h7-8,17-20,22H,3-6,9-16,21H2,1-2H3/b8-7+. The predicted molar refractivity (Wildman–Crippen MR) is 102 cm³/mol. The predicted octanol–water partition coefficient (Wildman–Crippen LogP) is 5.25. The summed E-state index contributed by atoms with van der Waals surface area (Å²) in [5.74, 6) is 0. The van der Waals surface area contributed by atoms with Gasteiger partial charge in [-0.1, -0.05) is 57.6 Å². The molecule has 2 atom stereocenters. The molecule has 134 valence electrons. The molecule has 3 N–H and O–H groups in total. The van der Waals surface area contributed by atoms with Crippen LogP contribution in [0.3, 0.4) is 0 Å². The second-order valence-electron chi connectivity index (χ2n) is 6.85. The molecular formula is C20H39N3. The first kappa shape index (κ1) is 20.1. The number of allylic oxidation sites excluding steroid dienone is 2. The normalized spacial score (nSPS) is 18.7. The van der Waals surface area contributed by atoms with Crippen molar-refractivity contribution in [2.45, 2.75) is 103 Å². The molecule has 1 aliphatic heterocycles. The van der Waals surface area contributed by atoms with E-state index in [0.29, 0.717) is 6.17 Å². The molecule has 0 aliphatic carbocycles. The molecule has 3 heteroatoms. The monoisotopic (exact) mass is 321 g/mol. The first-order chi connectivity index (χ1) is 11.3. The Morgan fingerprint density at radius 2 is 1.61 bits per heavy atom. The highest BCUT2D eigenvalue weighted by Crippen LogP contribution is 2.15. The summed E-state index contributed by atoms with van der Waals surface area (Å²) in [5.41, 5.74) is 5.96. The highest BCUT2D eigenvalue weighted by atomic mass is 15.3. The minimum Gasteiger partial charge on any atom is -0.370 e. The van der Waals surface area contributed by atoms with E-state index in [0.717, 1.165) is 0 Å². The summed E-state index contributed by atoms with van der Waals surface area (Å²) in [6.07, 6.45) is 25.3. The fourth-order valence-electron chi connectivity index (χ4n) is 3.14. The van der Waals surface area contributed by atoms with Crippen LogP contribution < -0.4 is 11.1 Å². The summed E-state index contributed by atoms with van der Waals surface area (Å²) in [6.45, 7) is 4.31. The summed E-state index contributed by atoms with van der Waals surface area (Å²) < 4.78 is 0. The van der Waals surface area contributed by atoms with Crippen molar-refractivity contribution in [2.75, 3.05) is 0 Å². The molecule has 23 heavy (non-hydrogen) atoms. The Morgan fingerprint density at radius 3 is 2.26 bits per heavy atom. The molecule has 0 spiro atoms. The molecule has 1 aliphatic rings. The molecule has 0 fully saturated rings. The van der Waals surface area contributed by atoms with Crippen molar-refractivity contribution < 1.29 is 0 Å². The second kappa shape index (κ2) is 13.5. The van der Waals surface area contributed by atoms with Crippen molar-refractivity contribution >= 4 is 0 Å². The second-order valence-corrected chi connectivity index (χ2v) is 6.85. The van der Waals surface area contributed by atoms with Crippen LogP contribution in [0.1, 0.15) is 90.9 Å². The van der Waals surface area contributed by atoms with Crippen LogP contribution in [0.5, 0.6) is 0 Å². The largest absolute Gasteiger partial charge is 0.370 e. The SMILES string of the molecule is CCCCC/C=C/CCCCCCCCC1NC=CN1C(C)N. The molecule has 0 saturated heterocycles. The van der Waals surface area contributed by atoms with E-state index in [9.17, 15) is 0 Å². The number of nitrogens with zero attached hydrogens (tertiary/aromatic N) is 1. The molecule has 2 unspecified atom stereocenters. The van der Waals surface area contributed by atoms with Gasteiger partial charge < -0.3 is 16.0 Å². The van der Waals surface area contributed by atoms with Gasteiger partial charge in [-0.3, -0.25) is 0 Å². The number of rotatable bonds is 14. The van der Waals surface area contributed by atoms with E-state index < -0.39 is 0 Å². The number of hydrogen-bond donors (Lipinski definition) is 2. The zero-order chi connectivity index (χ0) is 16.8. The fraction of sp³-hybridized carbons (Fsp3) is 0.800. The Morgan fingerprint density at radius 1 is 1.00 bits per heavy atom. The van der Waals surface area contributed by atoms with Gasteiger partial charge in [0.05, 0.1) is 12.3 Å². The Labute approximate surface area is 144 Å². The van der Waals surface area contributed by atoms with E-state index in [1.807, 2.05) is 13.1 Å². The molecule has 0 amide bonds. The maximum Gasteiger partial charge on any atom is 0.0995 e. The lowest BCUT2D eigenvalue weighted by atomic mass is 10.1. The van der Waals surface area contributed by atoms with Crippen molar-refractivity contribution in [1.29, 1.82) is 0 Å². The summed E-state index contributed by atoms with van der Waals surface area (Å²) in [4.78, 5) is 2.22. The third-order valence-corrected chi connectivity index (χ3v) is 4.60. The molecule has 1 heterocycles. The number of hydrogen-bond acceptors (Lipinski definition) is 3. The summed E-state index contributed by atoms with van der Waals surface area (Å²) in [7, 11) is 0. The highest BCUT2D eigenvalue weighted by molar-refractivity contribution is 4.95. The van der Waals surface area contributed by atoms with Crippen molar-refractivity contribution in [1.82, 2.24) is 10.2 Å². The van der Waals surface area contributed by atoms with Gasteiger partial charge in [0.1, 0.15) is 0 Å². The van der Waals surface area contributed by atoms with Crippen LogP contribution >= 0.6 is 0 Å². The van der Waals surface area contributed by atoms with Crippen molar-refractivity contribution in [3.05, 3.63) is 24.6 Å². The zero-order valence-electron chi connectivity index (χ0n) is 15.5. The van der Waals surface area contributed by atoms with Crippen LogP contribution in [0.4, 0.5) is 0 Å². The zero-order valence-corrected chi connectivity index (χ0v) is 15.5. The minimum atomic E-state index is 0.0984. The lowest BCUT2D eigenvalue weighted by Crippen LogP contribution is -2.44. The molecule has 0 aromatic heterocycles. The average Bonchev–Trinajstić information content (AvgIpc) is 3.00. The smallest absolute Gasteiger partial charge is 0.0995 e. The Bertz CT molecular complexity index is 323. The Balaban J connectivity index is 1.85. The number of nitrogens with two attached hydrogens (primary N) is 1. The van der Waals surface area contributed by atoms with Crippen LogP contribution in [0, 0.1) is 0 Å². The van der Waals surface area contributed by atoms with E-state index in [1.54, 1.807) is 0 Å². The summed E-state index contributed by atoms with van der Waals surface area (Å²) >= 11 is 0. The molecule has 0 aromatic carbocycles. The molecule has 1 rings (SSSR count). The van der Waals surface area contributed by atoms with E-state index in [4.69, 9.17) is 5.73 Å². The summed E-state index contributed by atoms with van der Waals surface area (Å²) in [5, 5.41) is 3.39. The van der Waals surface area contributed by atoms with Crippen LogP contribution in [0.15, 0.2) is 24.6 Å². The molecule has 0 saturated carbocycles. The Kier molecular flexibility index (Phi) is 11.8. The van der Waals surface area contributed by atoms with E-state index in [2.05, 4.69) is 35.5 Å². The topological polar surface area (TPSA) is 41.3 Å². The van der Waals surface area contributed by atoms with Crippen molar-refractivity contribution in [3.8, 4) is 0 Å². The van der Waals surface area contributed by atoms with Gasteiger partial charge in [0.25, 0.3) is 0 Å². The highest BCUT2D eigenvalue weighted by Gasteiger charge is 2.20. The maximum atomic E-state index is 5.96. The van der Waals surface area contributed by atoms with Gasteiger partial charge in [-0.05, 0) is 45.4 Å². The van der Waals surface area contributed by atoms with Crippen LogP contribution in [-0.2, 0) is 0 Å². The van der Waals surface area contributed by atoms with Crippen LogP contribution in [0.25, 0.3) is 0 Å². The van der Waals surface area contributed by atoms with Gasteiger partial charge in [-0.15, -0.1) is 0 Å². The third-order valence-electron chi connectivity index (χ3n) is 4.60. The van der Waals surface area contributed by atoms with Gasteiger partial charge in [0, 0.05) is 12.4 Å². The lowest BCUT2D eigenvalue weighted by Gasteiger charge is -2.28. The van der Waals surface area contributed by atoms with Gasteiger partial charge >= 0.3 is 0 Å². The molecular weight excluding hydrogens is 282 g/mol. The molecule has 0 bridgehead atoms. The minimum absolute atomic E-state index is 0.0984. The molecule has 0 aromatic rings. The quantitative estimate of drug-likeness (QED) is 0.339. The first-order valence-electron chi connectivity index (χ1n) is 9.86. The third kappa shape index (κ3) is 9.70. The van der Waals surface area contributed by atoms with Gasteiger partial charge in [0.15, 0.2) is 0 Å². The molecule has 3 nitrogen and oxygen atoms in total. The lowest BCUT2D eigenvalue weighted by molar-refractivity contribution is 0.208. The van der Waals surface area contributed by atoms with Crippen molar-refractivity contribution in [3.63, 3.8) is 0 Å². The number of unbranched alkanes of at least 4 members (excludes halogenated alkanes) is 9. The van der Waals surface area contributed by atoms with Crippen LogP contribution in [-0.4, -0.2) is 17.2 Å². The first-order valence-corrected chi connectivity index (χ1v) is 9.86. The Hall–Kier alpha value is -0.960. The van der Waals surface area contributed by atoms with Gasteiger partial charge in [-0.25, -0.2) is 0 Å². The van der Waals surface area contributed by atoms with E-state index in [1.165, 1.54) is 77.0 Å². The van der Waals surface area contributed by atoms with E-state index in [-0.39, 0.29) is 6.17 Å². The summed E-state index contributed by atoms with van der Waals surface area (Å²) in [6, 6.07) is 0. The van der Waals surface area contributed by atoms with Crippen molar-refractivity contribution in [2.24, 2.45) is 5.73 Å². The number of nitrogens with one attached hydrogen (secondary N) is 1. The van der Waals surface area contributed by atoms with E-state index >= 15 is 0 Å². The molecule has 0 radical (unpaired) electrons. The average molecular weight is 322 g/mol. The van der Waals surface area contributed by atoms with Gasteiger partial charge in [0.2, 0.25) is 0 Å². The van der Waals surface area contributed by atoms with Crippen LogP contribution in [0.2, 0.25) is 0 Å². The van der Waals surface area contributed by atoms with Gasteiger partial charge in [-0.2, -0.15) is 0 Å².